The van der Waals surface area contributed by atoms with Crippen LogP contribution in [0.3, 0.4) is 0 Å². The SMILES string of the molecule is O[C@@]1(Cn2ccc(-c3cccnc3)n2)CCCN2CCCC[C@@H]21. The Hall–Kier alpha value is -1.72. The Morgan fingerprint density at radius 3 is 3.00 bits per heavy atom. The number of hydrogen-bond acceptors (Lipinski definition) is 4. The van der Waals surface area contributed by atoms with Crippen molar-refractivity contribution in [3.8, 4) is 11.3 Å². The summed E-state index contributed by atoms with van der Waals surface area (Å²) in [5.41, 5.74) is 1.27. The van der Waals surface area contributed by atoms with Gasteiger partial charge in [0.15, 0.2) is 0 Å². The molecule has 0 radical (unpaired) electrons. The van der Waals surface area contributed by atoms with Crippen LogP contribution < -0.4 is 0 Å². The molecule has 2 fully saturated rings. The summed E-state index contributed by atoms with van der Waals surface area (Å²) in [6, 6.07) is 6.22. The first-order valence-corrected chi connectivity index (χ1v) is 8.65. The van der Waals surface area contributed by atoms with Gasteiger partial charge in [0.1, 0.15) is 0 Å². The van der Waals surface area contributed by atoms with E-state index in [1.165, 1.54) is 12.8 Å². The van der Waals surface area contributed by atoms with E-state index in [1.54, 1.807) is 6.20 Å². The molecule has 122 valence electrons. The minimum absolute atomic E-state index is 0.288. The fraction of sp³-hybridized carbons (Fsp3) is 0.556. The lowest BCUT2D eigenvalue weighted by molar-refractivity contribution is -0.105. The van der Waals surface area contributed by atoms with E-state index in [1.807, 2.05) is 35.3 Å². The normalized spacial score (nSPS) is 28.5. The lowest BCUT2D eigenvalue weighted by Crippen LogP contribution is -2.60. The molecule has 2 aliphatic heterocycles. The third-order valence-corrected chi connectivity index (χ3v) is 5.32. The molecule has 0 bridgehead atoms. The summed E-state index contributed by atoms with van der Waals surface area (Å²) >= 11 is 0. The molecular formula is C18H24N4O. The zero-order chi connectivity index (χ0) is 15.7. The number of fused-ring (bicyclic) bond motifs is 1. The molecule has 5 nitrogen and oxygen atoms in total. The summed E-state index contributed by atoms with van der Waals surface area (Å²) in [5.74, 6) is 0. The van der Waals surface area contributed by atoms with Crippen molar-refractivity contribution in [1.82, 2.24) is 19.7 Å². The van der Waals surface area contributed by atoms with Gasteiger partial charge < -0.3 is 5.11 Å². The first-order valence-electron chi connectivity index (χ1n) is 8.65. The molecule has 0 saturated carbocycles. The van der Waals surface area contributed by atoms with Crippen LogP contribution in [0.15, 0.2) is 36.8 Å². The van der Waals surface area contributed by atoms with Gasteiger partial charge in [-0.1, -0.05) is 6.42 Å². The molecule has 4 heterocycles. The first kappa shape index (κ1) is 14.8. The smallest absolute Gasteiger partial charge is 0.0997 e. The number of pyridine rings is 1. The molecule has 0 aromatic carbocycles. The highest BCUT2D eigenvalue weighted by molar-refractivity contribution is 5.56. The van der Waals surface area contributed by atoms with Crippen LogP contribution in [0.4, 0.5) is 0 Å². The summed E-state index contributed by atoms with van der Waals surface area (Å²) in [4.78, 5) is 6.63. The Kier molecular flexibility index (Phi) is 3.91. The number of rotatable bonds is 3. The van der Waals surface area contributed by atoms with Crippen LogP contribution >= 0.6 is 0 Å². The third kappa shape index (κ3) is 2.91. The molecule has 2 aromatic rings. The number of aromatic nitrogens is 3. The second kappa shape index (κ2) is 6.06. The van der Waals surface area contributed by atoms with Gasteiger partial charge in [0.2, 0.25) is 0 Å². The molecule has 1 N–H and O–H groups in total. The minimum atomic E-state index is -0.656. The predicted octanol–water partition coefficient (Wildman–Crippen LogP) is 2.32. The van der Waals surface area contributed by atoms with E-state index >= 15 is 0 Å². The molecular weight excluding hydrogens is 288 g/mol. The lowest BCUT2D eigenvalue weighted by atomic mass is 9.79. The fourth-order valence-electron chi connectivity index (χ4n) is 4.20. The zero-order valence-electron chi connectivity index (χ0n) is 13.4. The Labute approximate surface area is 137 Å². The summed E-state index contributed by atoms with van der Waals surface area (Å²) in [7, 11) is 0. The van der Waals surface area contributed by atoms with Gasteiger partial charge in [0, 0.05) is 30.2 Å². The second-order valence-electron chi connectivity index (χ2n) is 6.89. The average Bonchev–Trinajstić information content (AvgIpc) is 3.04. The summed E-state index contributed by atoms with van der Waals surface area (Å²) < 4.78 is 1.90. The maximum Gasteiger partial charge on any atom is 0.0997 e. The van der Waals surface area contributed by atoms with E-state index in [4.69, 9.17) is 0 Å². The fourth-order valence-corrected chi connectivity index (χ4v) is 4.20. The topological polar surface area (TPSA) is 54.2 Å². The molecule has 0 unspecified atom stereocenters. The highest BCUT2D eigenvalue weighted by atomic mass is 16.3. The van der Waals surface area contributed by atoms with Crippen LogP contribution in [-0.2, 0) is 6.54 Å². The Balaban J connectivity index is 1.54. The van der Waals surface area contributed by atoms with E-state index < -0.39 is 5.60 Å². The van der Waals surface area contributed by atoms with Gasteiger partial charge in [0.05, 0.1) is 17.8 Å². The maximum absolute atomic E-state index is 11.3. The van der Waals surface area contributed by atoms with Crippen molar-refractivity contribution in [2.75, 3.05) is 13.1 Å². The van der Waals surface area contributed by atoms with Gasteiger partial charge in [-0.05, 0) is 57.0 Å². The van der Waals surface area contributed by atoms with Crippen molar-refractivity contribution in [3.63, 3.8) is 0 Å². The van der Waals surface area contributed by atoms with E-state index in [9.17, 15) is 5.11 Å². The number of aliphatic hydroxyl groups is 1. The van der Waals surface area contributed by atoms with Crippen LogP contribution in [0, 0.1) is 0 Å². The molecule has 0 amide bonds. The van der Waals surface area contributed by atoms with Crippen molar-refractivity contribution in [2.24, 2.45) is 0 Å². The number of hydrogen-bond donors (Lipinski definition) is 1. The predicted molar refractivity (Wildman–Crippen MR) is 88.9 cm³/mol. The van der Waals surface area contributed by atoms with Crippen LogP contribution in [0.5, 0.6) is 0 Å². The third-order valence-electron chi connectivity index (χ3n) is 5.32. The van der Waals surface area contributed by atoms with Gasteiger partial charge in [0.25, 0.3) is 0 Å². The number of nitrogens with zero attached hydrogens (tertiary/aromatic N) is 4. The summed E-state index contributed by atoms with van der Waals surface area (Å²) in [6.07, 6.45) is 11.1. The Morgan fingerprint density at radius 1 is 1.22 bits per heavy atom. The van der Waals surface area contributed by atoms with Crippen LogP contribution in [0.1, 0.15) is 32.1 Å². The molecule has 2 saturated heterocycles. The van der Waals surface area contributed by atoms with Crippen LogP contribution in [0.2, 0.25) is 0 Å². The van der Waals surface area contributed by atoms with E-state index in [0.29, 0.717) is 6.54 Å². The molecule has 23 heavy (non-hydrogen) atoms. The number of piperidine rings is 2. The summed E-state index contributed by atoms with van der Waals surface area (Å²) in [6.45, 7) is 2.84. The van der Waals surface area contributed by atoms with E-state index in [-0.39, 0.29) is 6.04 Å². The van der Waals surface area contributed by atoms with E-state index in [0.717, 1.165) is 43.6 Å². The van der Waals surface area contributed by atoms with Crippen molar-refractivity contribution < 1.29 is 5.11 Å². The average molecular weight is 312 g/mol. The molecule has 0 spiro atoms. The van der Waals surface area contributed by atoms with Crippen LogP contribution in [-0.4, -0.2) is 49.5 Å². The molecule has 2 aromatic heterocycles. The highest BCUT2D eigenvalue weighted by Crippen LogP contribution is 2.35. The monoisotopic (exact) mass is 312 g/mol. The second-order valence-corrected chi connectivity index (χ2v) is 6.89. The molecule has 2 aliphatic rings. The molecule has 0 aliphatic carbocycles. The van der Waals surface area contributed by atoms with Crippen molar-refractivity contribution >= 4 is 0 Å². The lowest BCUT2D eigenvalue weighted by Gasteiger charge is -2.49. The Bertz CT molecular complexity index is 654. The van der Waals surface area contributed by atoms with Gasteiger partial charge in [-0.25, -0.2) is 0 Å². The highest BCUT2D eigenvalue weighted by Gasteiger charge is 2.44. The quantitative estimate of drug-likeness (QED) is 0.945. The first-order chi connectivity index (χ1) is 11.2. The van der Waals surface area contributed by atoms with Gasteiger partial charge in [-0.15, -0.1) is 0 Å². The largest absolute Gasteiger partial charge is 0.386 e. The van der Waals surface area contributed by atoms with Crippen molar-refractivity contribution in [1.29, 1.82) is 0 Å². The van der Waals surface area contributed by atoms with Gasteiger partial charge in [-0.3, -0.25) is 14.6 Å². The molecule has 2 atom stereocenters. The molecule has 4 rings (SSSR count). The maximum atomic E-state index is 11.3. The zero-order valence-corrected chi connectivity index (χ0v) is 13.4. The van der Waals surface area contributed by atoms with Crippen molar-refractivity contribution in [2.45, 2.75) is 50.3 Å². The van der Waals surface area contributed by atoms with Crippen molar-refractivity contribution in [3.05, 3.63) is 36.8 Å². The molecule has 5 heteroatoms. The minimum Gasteiger partial charge on any atom is -0.386 e. The van der Waals surface area contributed by atoms with E-state index in [2.05, 4.69) is 15.0 Å². The Morgan fingerprint density at radius 2 is 2.13 bits per heavy atom. The summed E-state index contributed by atoms with van der Waals surface area (Å²) in [5, 5.41) is 15.9. The van der Waals surface area contributed by atoms with Crippen LogP contribution in [0.25, 0.3) is 11.3 Å². The van der Waals surface area contributed by atoms with Gasteiger partial charge in [-0.2, -0.15) is 5.10 Å². The van der Waals surface area contributed by atoms with Gasteiger partial charge >= 0.3 is 0 Å². The standard InChI is InChI=1S/C18H24N4O/c23-18(8-4-11-21-10-2-1-6-17(18)21)14-22-12-7-16(20-22)15-5-3-9-19-13-15/h3,5,7,9,12-13,17,23H,1-2,4,6,8,10-11,14H2/t17-,18-/m1/s1.